The van der Waals surface area contributed by atoms with E-state index in [-0.39, 0.29) is 12.1 Å². The van der Waals surface area contributed by atoms with Crippen LogP contribution in [0.3, 0.4) is 0 Å². The van der Waals surface area contributed by atoms with Gasteiger partial charge >= 0.3 is 0 Å². The zero-order chi connectivity index (χ0) is 11.4. The van der Waals surface area contributed by atoms with Crippen LogP contribution in [0.25, 0.3) is 0 Å². The van der Waals surface area contributed by atoms with Crippen molar-refractivity contribution in [3.8, 4) is 0 Å². The van der Waals surface area contributed by atoms with Gasteiger partial charge in [-0.2, -0.15) is 0 Å². The van der Waals surface area contributed by atoms with Gasteiger partial charge in [0, 0.05) is 13.1 Å². The predicted molar refractivity (Wildman–Crippen MR) is 61.6 cm³/mol. The lowest BCUT2D eigenvalue weighted by Gasteiger charge is -2.36. The summed E-state index contributed by atoms with van der Waals surface area (Å²) < 4.78 is 11.1. The van der Waals surface area contributed by atoms with Crippen molar-refractivity contribution in [3.63, 3.8) is 0 Å². The summed E-state index contributed by atoms with van der Waals surface area (Å²) in [5, 5.41) is 0. The highest BCUT2D eigenvalue weighted by atomic mass is 16.5. The van der Waals surface area contributed by atoms with Gasteiger partial charge in [-0.05, 0) is 25.5 Å². The topological polar surface area (TPSA) is 59.8 Å². The fourth-order valence-electron chi connectivity index (χ4n) is 2.28. The highest BCUT2D eigenvalue weighted by Crippen LogP contribution is 2.20. The van der Waals surface area contributed by atoms with E-state index in [1.807, 2.05) is 6.26 Å². The Kier molecular flexibility index (Phi) is 4.17. The van der Waals surface area contributed by atoms with Gasteiger partial charge in [0.05, 0.1) is 31.6 Å². The largest absolute Gasteiger partial charge is 0.501 e. The van der Waals surface area contributed by atoms with Crippen LogP contribution in [0.1, 0.15) is 12.8 Å². The summed E-state index contributed by atoms with van der Waals surface area (Å²) in [6.45, 7) is 3.48. The molecule has 0 aromatic heterocycles. The lowest BCUT2D eigenvalue weighted by molar-refractivity contribution is -0.0338. The first-order valence-electron chi connectivity index (χ1n) is 5.88. The third kappa shape index (κ3) is 2.74. The number of hydrogen-bond donors (Lipinski definition) is 2. The van der Waals surface area contributed by atoms with Crippen molar-refractivity contribution in [3.05, 3.63) is 11.8 Å². The smallest absolute Gasteiger partial charge is 0.0907 e. The Morgan fingerprint density at radius 3 is 3.06 bits per heavy atom. The van der Waals surface area contributed by atoms with Crippen molar-refractivity contribution in [2.75, 3.05) is 33.4 Å². The molecule has 16 heavy (non-hydrogen) atoms. The van der Waals surface area contributed by atoms with Crippen LogP contribution < -0.4 is 11.3 Å². The molecule has 1 saturated heterocycles. The summed E-state index contributed by atoms with van der Waals surface area (Å²) in [6, 6.07) is 0.0723. The maximum Gasteiger partial charge on any atom is 0.0907 e. The van der Waals surface area contributed by atoms with Gasteiger partial charge in [0.25, 0.3) is 0 Å². The molecule has 0 aromatic carbocycles. The summed E-state index contributed by atoms with van der Waals surface area (Å²) in [5.41, 5.74) is 4.08. The first-order valence-corrected chi connectivity index (χ1v) is 5.88. The van der Waals surface area contributed by atoms with Crippen molar-refractivity contribution in [1.29, 1.82) is 0 Å². The Bertz CT molecular complexity index is 258. The average molecular weight is 227 g/mol. The Morgan fingerprint density at radius 2 is 2.44 bits per heavy atom. The monoisotopic (exact) mass is 227 g/mol. The fourth-order valence-corrected chi connectivity index (χ4v) is 2.28. The van der Waals surface area contributed by atoms with E-state index in [0.717, 1.165) is 39.1 Å². The summed E-state index contributed by atoms with van der Waals surface area (Å²) in [7, 11) is 2.11. The summed E-state index contributed by atoms with van der Waals surface area (Å²) in [4.78, 5) is 2.27. The minimum Gasteiger partial charge on any atom is -0.501 e. The van der Waals surface area contributed by atoms with Crippen molar-refractivity contribution in [2.24, 2.45) is 5.84 Å². The summed E-state index contributed by atoms with van der Waals surface area (Å²) in [5.74, 6) is 5.63. The molecule has 2 aliphatic heterocycles. The molecular weight excluding hydrogens is 206 g/mol. The summed E-state index contributed by atoms with van der Waals surface area (Å²) >= 11 is 0. The third-order valence-electron chi connectivity index (χ3n) is 3.21. The molecule has 2 atom stereocenters. The van der Waals surface area contributed by atoms with Crippen molar-refractivity contribution in [2.45, 2.75) is 25.0 Å². The van der Waals surface area contributed by atoms with Gasteiger partial charge in [-0.1, -0.05) is 0 Å². The summed E-state index contributed by atoms with van der Waals surface area (Å²) in [6.07, 6.45) is 4.06. The Hall–Kier alpha value is -0.620. The zero-order valence-corrected chi connectivity index (χ0v) is 9.82. The molecule has 2 heterocycles. The number of nitrogens with two attached hydrogens (primary N) is 1. The van der Waals surface area contributed by atoms with E-state index in [4.69, 9.17) is 15.3 Å². The molecule has 2 aliphatic rings. The molecule has 0 amide bonds. The van der Waals surface area contributed by atoms with Crippen LogP contribution in [0.4, 0.5) is 0 Å². The molecular formula is C11H21N3O2. The Labute approximate surface area is 96.5 Å². The highest BCUT2D eigenvalue weighted by molar-refractivity contribution is 5.13. The van der Waals surface area contributed by atoms with Crippen LogP contribution >= 0.6 is 0 Å². The molecule has 92 valence electrons. The van der Waals surface area contributed by atoms with E-state index in [9.17, 15) is 0 Å². The van der Waals surface area contributed by atoms with Crippen LogP contribution in [-0.2, 0) is 9.47 Å². The first kappa shape index (κ1) is 11.9. The number of morpholine rings is 1. The zero-order valence-electron chi connectivity index (χ0n) is 9.82. The lowest BCUT2D eigenvalue weighted by atomic mass is 9.97. The fraction of sp³-hybridized carbons (Fsp3) is 0.818. The van der Waals surface area contributed by atoms with Crippen LogP contribution in [0.5, 0.6) is 0 Å². The van der Waals surface area contributed by atoms with E-state index in [1.165, 1.54) is 5.57 Å². The predicted octanol–water partition coefficient (Wildman–Crippen LogP) is -0.157. The van der Waals surface area contributed by atoms with E-state index < -0.39 is 0 Å². The Balaban J connectivity index is 2.00. The SMILES string of the molecule is CN1CCOC(C(NN)C2=COCCC2)C1. The van der Waals surface area contributed by atoms with E-state index in [0.29, 0.717) is 0 Å². The maximum atomic E-state index is 5.77. The molecule has 2 rings (SSSR count). The maximum absolute atomic E-state index is 5.77. The van der Waals surface area contributed by atoms with Crippen molar-refractivity contribution < 1.29 is 9.47 Å². The lowest BCUT2D eigenvalue weighted by Crippen LogP contribution is -2.54. The molecule has 0 aromatic rings. The van der Waals surface area contributed by atoms with E-state index >= 15 is 0 Å². The molecule has 0 aliphatic carbocycles. The molecule has 1 fully saturated rings. The number of hydrazine groups is 1. The molecule has 3 N–H and O–H groups in total. The Morgan fingerprint density at radius 1 is 1.56 bits per heavy atom. The third-order valence-corrected chi connectivity index (χ3v) is 3.21. The van der Waals surface area contributed by atoms with Gasteiger partial charge in [-0.3, -0.25) is 11.3 Å². The van der Waals surface area contributed by atoms with Crippen LogP contribution in [-0.4, -0.2) is 50.4 Å². The van der Waals surface area contributed by atoms with Gasteiger partial charge in [0.2, 0.25) is 0 Å². The minimum absolute atomic E-state index is 0.0723. The van der Waals surface area contributed by atoms with E-state index in [2.05, 4.69) is 17.4 Å². The van der Waals surface area contributed by atoms with Gasteiger partial charge in [0.1, 0.15) is 0 Å². The molecule has 2 unspecified atom stereocenters. The molecule has 0 spiro atoms. The van der Waals surface area contributed by atoms with Crippen LogP contribution in [0.2, 0.25) is 0 Å². The first-order chi connectivity index (χ1) is 7.81. The van der Waals surface area contributed by atoms with Gasteiger partial charge in [-0.15, -0.1) is 0 Å². The molecule has 5 nitrogen and oxygen atoms in total. The molecule has 0 radical (unpaired) electrons. The number of hydrogen-bond acceptors (Lipinski definition) is 5. The number of ether oxygens (including phenoxy) is 2. The standard InChI is InChI=1S/C11H21N3O2/c1-14-4-6-16-10(7-14)11(13-12)9-3-2-5-15-8-9/h8,10-11,13H,2-7,12H2,1H3. The number of nitrogens with zero attached hydrogens (tertiary/aromatic N) is 1. The average Bonchev–Trinajstić information content (AvgIpc) is 2.31. The van der Waals surface area contributed by atoms with Gasteiger partial charge < -0.3 is 14.4 Å². The van der Waals surface area contributed by atoms with Crippen LogP contribution in [0.15, 0.2) is 11.8 Å². The molecule has 0 bridgehead atoms. The number of rotatable bonds is 3. The molecule has 5 heteroatoms. The van der Waals surface area contributed by atoms with Crippen molar-refractivity contribution in [1.82, 2.24) is 10.3 Å². The molecule has 0 saturated carbocycles. The second kappa shape index (κ2) is 5.63. The number of likely N-dealkylation sites (N-methyl/N-ethyl adjacent to an activating group) is 1. The normalized spacial score (nSPS) is 29.4. The minimum atomic E-state index is 0.0723. The van der Waals surface area contributed by atoms with Gasteiger partial charge in [0.15, 0.2) is 0 Å². The quantitative estimate of drug-likeness (QED) is 0.518. The second-order valence-corrected chi connectivity index (χ2v) is 4.48. The van der Waals surface area contributed by atoms with Crippen molar-refractivity contribution >= 4 is 0 Å². The van der Waals surface area contributed by atoms with Gasteiger partial charge in [-0.25, -0.2) is 0 Å². The highest BCUT2D eigenvalue weighted by Gasteiger charge is 2.29. The number of nitrogens with one attached hydrogen (secondary N) is 1. The second-order valence-electron chi connectivity index (χ2n) is 4.48. The van der Waals surface area contributed by atoms with E-state index in [1.54, 1.807) is 0 Å². The van der Waals surface area contributed by atoms with Crippen LogP contribution in [0, 0.1) is 0 Å².